The van der Waals surface area contributed by atoms with Gasteiger partial charge in [-0.05, 0) is 60.7 Å². The van der Waals surface area contributed by atoms with E-state index >= 15 is 0 Å². The molecule has 1 aliphatic rings. The number of benzene rings is 2. The van der Waals surface area contributed by atoms with E-state index in [9.17, 15) is 18.0 Å². The van der Waals surface area contributed by atoms with E-state index in [4.69, 9.17) is 0 Å². The van der Waals surface area contributed by atoms with Crippen molar-refractivity contribution in [3.05, 3.63) is 53.6 Å². The first-order chi connectivity index (χ1) is 14.5. The lowest BCUT2D eigenvalue weighted by molar-refractivity contribution is -0.117. The van der Waals surface area contributed by atoms with Crippen molar-refractivity contribution in [1.29, 1.82) is 0 Å². The zero-order valence-electron chi connectivity index (χ0n) is 18.5. The zero-order valence-corrected chi connectivity index (χ0v) is 19.4. The quantitative estimate of drug-likeness (QED) is 0.742. The molecule has 2 amide bonds. The first-order valence-electron chi connectivity index (χ1n) is 10.3. The highest BCUT2D eigenvalue weighted by atomic mass is 32.2. The third kappa shape index (κ3) is 4.80. The fourth-order valence-electron chi connectivity index (χ4n) is 3.87. The molecular formula is C23H29N3O4S. The Bertz CT molecular complexity index is 1090. The van der Waals surface area contributed by atoms with Crippen molar-refractivity contribution in [3.8, 4) is 0 Å². The molecule has 31 heavy (non-hydrogen) atoms. The lowest BCUT2D eigenvalue weighted by Crippen LogP contribution is -2.35. The molecule has 7 nitrogen and oxygen atoms in total. The number of amides is 2. The van der Waals surface area contributed by atoms with Crippen LogP contribution in [-0.4, -0.2) is 44.2 Å². The summed E-state index contributed by atoms with van der Waals surface area (Å²) >= 11 is 0. The second-order valence-corrected chi connectivity index (χ2v) is 10.4. The number of likely N-dealkylation sites (N-methyl/N-ethyl adjacent to an activating group) is 1. The molecule has 0 saturated carbocycles. The molecule has 0 saturated heterocycles. The Balaban J connectivity index is 1.71. The van der Waals surface area contributed by atoms with Gasteiger partial charge in [-0.3, -0.25) is 9.59 Å². The van der Waals surface area contributed by atoms with Crippen LogP contribution in [0.3, 0.4) is 0 Å². The van der Waals surface area contributed by atoms with Crippen LogP contribution in [0, 0.1) is 0 Å². The molecule has 2 aromatic carbocycles. The third-order valence-electron chi connectivity index (χ3n) is 5.54. The molecule has 0 unspecified atom stereocenters. The van der Waals surface area contributed by atoms with Crippen molar-refractivity contribution in [1.82, 2.24) is 4.31 Å². The first kappa shape index (κ1) is 23.0. The van der Waals surface area contributed by atoms with Crippen LogP contribution in [0.2, 0.25) is 0 Å². The Kier molecular flexibility index (Phi) is 6.52. The number of carbonyl (C=O) groups excluding carboxylic acids is 2. The van der Waals surface area contributed by atoms with E-state index in [0.717, 1.165) is 21.1 Å². The van der Waals surface area contributed by atoms with Crippen molar-refractivity contribution in [3.63, 3.8) is 0 Å². The van der Waals surface area contributed by atoms with Gasteiger partial charge in [0.25, 0.3) is 0 Å². The molecule has 1 heterocycles. The summed E-state index contributed by atoms with van der Waals surface area (Å²) in [4.78, 5) is 26.1. The molecular weight excluding hydrogens is 414 g/mol. The smallest absolute Gasteiger partial charge is 0.243 e. The number of rotatable bonds is 6. The number of anilines is 2. The fourth-order valence-corrected chi connectivity index (χ4v) is 5.05. The Morgan fingerprint density at radius 3 is 2.39 bits per heavy atom. The molecule has 0 fully saturated rings. The second kappa shape index (κ2) is 8.80. The Hall–Kier alpha value is -2.71. The minimum Gasteiger partial charge on any atom is -0.325 e. The van der Waals surface area contributed by atoms with Gasteiger partial charge in [0, 0.05) is 31.4 Å². The number of fused-ring (bicyclic) bond motifs is 1. The van der Waals surface area contributed by atoms with Crippen molar-refractivity contribution >= 4 is 33.2 Å². The average molecular weight is 444 g/mol. The van der Waals surface area contributed by atoms with Gasteiger partial charge in [0.05, 0.1) is 11.4 Å². The highest BCUT2D eigenvalue weighted by molar-refractivity contribution is 7.89. The molecule has 166 valence electrons. The fraction of sp³-hybridized carbons (Fsp3) is 0.391. The molecule has 0 aliphatic carbocycles. The van der Waals surface area contributed by atoms with Gasteiger partial charge in [0.15, 0.2) is 0 Å². The van der Waals surface area contributed by atoms with E-state index in [0.29, 0.717) is 18.0 Å². The van der Waals surface area contributed by atoms with Crippen molar-refractivity contribution in [2.45, 2.75) is 51.0 Å². The maximum Gasteiger partial charge on any atom is 0.243 e. The summed E-state index contributed by atoms with van der Waals surface area (Å²) in [5, 5.41) is 2.74. The minimum absolute atomic E-state index is 0.0176. The highest BCUT2D eigenvalue weighted by Gasteiger charge is 2.31. The van der Waals surface area contributed by atoms with Gasteiger partial charge in [0.2, 0.25) is 21.8 Å². The first-order valence-corrected chi connectivity index (χ1v) is 11.7. The van der Waals surface area contributed by atoms with Crippen LogP contribution >= 0.6 is 0 Å². The van der Waals surface area contributed by atoms with Crippen molar-refractivity contribution in [2.75, 3.05) is 23.8 Å². The Morgan fingerprint density at radius 2 is 1.81 bits per heavy atom. The number of nitrogens with one attached hydrogen (secondary N) is 1. The van der Waals surface area contributed by atoms with Gasteiger partial charge in [-0.25, -0.2) is 8.42 Å². The average Bonchev–Trinajstić information content (AvgIpc) is 3.03. The molecule has 0 aromatic heterocycles. The van der Waals surface area contributed by atoms with Gasteiger partial charge < -0.3 is 10.2 Å². The van der Waals surface area contributed by atoms with Crippen LogP contribution in [0.1, 0.15) is 44.7 Å². The minimum atomic E-state index is -3.85. The largest absolute Gasteiger partial charge is 0.325 e. The van der Waals surface area contributed by atoms with Crippen LogP contribution < -0.4 is 10.2 Å². The summed E-state index contributed by atoms with van der Waals surface area (Å²) in [7, 11) is -2.47. The second-order valence-electron chi connectivity index (χ2n) is 8.32. The SMILES string of the molecule is CC(=O)N1c2ccc(S(=O)(=O)N(C)CC(=O)Nc3ccc(C(C)C)cc3)cc2C[C@H]1C. The Morgan fingerprint density at radius 1 is 1.16 bits per heavy atom. The van der Waals surface area contributed by atoms with Crippen LogP contribution in [-0.2, 0) is 26.0 Å². The Labute approximate surface area is 184 Å². The van der Waals surface area contributed by atoms with Gasteiger partial charge >= 0.3 is 0 Å². The molecule has 0 radical (unpaired) electrons. The van der Waals surface area contributed by atoms with Crippen LogP contribution in [0.25, 0.3) is 0 Å². The van der Waals surface area contributed by atoms with E-state index in [-0.39, 0.29) is 23.4 Å². The van der Waals surface area contributed by atoms with E-state index < -0.39 is 15.9 Å². The number of hydrogen-bond donors (Lipinski definition) is 1. The molecule has 8 heteroatoms. The lowest BCUT2D eigenvalue weighted by Gasteiger charge is -2.21. The topological polar surface area (TPSA) is 86.8 Å². The highest BCUT2D eigenvalue weighted by Crippen LogP contribution is 2.34. The zero-order chi connectivity index (χ0) is 22.9. The van der Waals surface area contributed by atoms with E-state index in [1.54, 1.807) is 17.0 Å². The van der Waals surface area contributed by atoms with Gasteiger partial charge in [0.1, 0.15) is 0 Å². The molecule has 0 spiro atoms. The van der Waals surface area contributed by atoms with Gasteiger partial charge in [-0.1, -0.05) is 26.0 Å². The number of nitrogens with zero attached hydrogens (tertiary/aromatic N) is 2. The molecule has 1 N–H and O–H groups in total. The van der Waals surface area contributed by atoms with Crippen molar-refractivity contribution in [2.24, 2.45) is 0 Å². The summed E-state index contributed by atoms with van der Waals surface area (Å²) in [6, 6.07) is 12.2. The number of hydrogen-bond acceptors (Lipinski definition) is 4. The summed E-state index contributed by atoms with van der Waals surface area (Å²) in [5.74, 6) is -0.100. The van der Waals surface area contributed by atoms with Crippen LogP contribution in [0.5, 0.6) is 0 Å². The monoisotopic (exact) mass is 443 g/mol. The molecule has 1 atom stereocenters. The number of sulfonamides is 1. The molecule has 0 bridgehead atoms. The molecule has 3 rings (SSSR count). The normalized spacial score (nSPS) is 16.0. The summed E-state index contributed by atoms with van der Waals surface area (Å²) in [6.07, 6.45) is 0.592. The standard InChI is InChI=1S/C23H29N3O4S/c1-15(2)18-6-8-20(9-7-18)24-23(28)14-25(5)31(29,30)21-10-11-22-19(13-21)12-16(3)26(22)17(4)27/h6-11,13,15-16H,12,14H2,1-5H3,(H,24,28)/t16-/m1/s1. The van der Waals surface area contributed by atoms with E-state index in [2.05, 4.69) is 19.2 Å². The third-order valence-corrected chi connectivity index (χ3v) is 7.34. The number of carbonyl (C=O) groups is 2. The summed E-state index contributed by atoms with van der Waals surface area (Å²) < 4.78 is 27.0. The lowest BCUT2D eigenvalue weighted by atomic mass is 10.0. The van der Waals surface area contributed by atoms with Gasteiger partial charge in [-0.2, -0.15) is 4.31 Å². The van der Waals surface area contributed by atoms with E-state index in [1.807, 2.05) is 31.2 Å². The predicted molar refractivity (Wildman–Crippen MR) is 122 cm³/mol. The van der Waals surface area contributed by atoms with Crippen LogP contribution in [0.4, 0.5) is 11.4 Å². The summed E-state index contributed by atoms with van der Waals surface area (Å²) in [5.41, 5.74) is 3.33. The van der Waals surface area contributed by atoms with Crippen molar-refractivity contribution < 1.29 is 18.0 Å². The maximum absolute atomic E-state index is 13.0. The maximum atomic E-state index is 13.0. The summed E-state index contributed by atoms with van der Waals surface area (Å²) in [6.45, 7) is 7.30. The predicted octanol–water partition coefficient (Wildman–Crippen LogP) is 3.37. The van der Waals surface area contributed by atoms with E-state index in [1.165, 1.54) is 20.0 Å². The molecule has 1 aliphatic heterocycles. The van der Waals surface area contributed by atoms with Gasteiger partial charge in [-0.15, -0.1) is 0 Å². The van der Waals surface area contributed by atoms with Crippen LogP contribution in [0.15, 0.2) is 47.4 Å². The molecule has 2 aromatic rings.